The van der Waals surface area contributed by atoms with E-state index in [1.54, 1.807) is 14.0 Å². The van der Waals surface area contributed by atoms with Gasteiger partial charge in [-0.05, 0) is 39.0 Å². The van der Waals surface area contributed by atoms with Crippen molar-refractivity contribution in [1.82, 2.24) is 20.0 Å². The Balaban J connectivity index is 1.69. The van der Waals surface area contributed by atoms with E-state index in [0.29, 0.717) is 6.54 Å². The summed E-state index contributed by atoms with van der Waals surface area (Å²) in [5, 5.41) is 18.1. The number of nitrogens with one attached hydrogen (secondary N) is 1. The van der Waals surface area contributed by atoms with Crippen LogP contribution in [0.2, 0.25) is 0 Å². The van der Waals surface area contributed by atoms with Crippen molar-refractivity contribution in [3.8, 4) is 5.69 Å². The van der Waals surface area contributed by atoms with E-state index in [0.717, 1.165) is 22.6 Å². The molecule has 3 rings (SSSR count). The van der Waals surface area contributed by atoms with Gasteiger partial charge in [-0.3, -0.25) is 19.7 Å². The van der Waals surface area contributed by atoms with Crippen LogP contribution in [0.15, 0.2) is 54.6 Å². The minimum Gasteiger partial charge on any atom is -0.341 e. The number of nitro benzene ring substituents is 1. The van der Waals surface area contributed by atoms with Gasteiger partial charge in [-0.2, -0.15) is 5.10 Å². The molecule has 32 heavy (non-hydrogen) atoms. The highest BCUT2D eigenvalue weighted by Gasteiger charge is 2.23. The quantitative estimate of drug-likeness (QED) is 0.453. The number of carbonyl (C=O) groups excluding carboxylic acids is 2. The Hall–Kier alpha value is -4.01. The zero-order valence-corrected chi connectivity index (χ0v) is 18.4. The molecule has 0 saturated heterocycles. The van der Waals surface area contributed by atoms with Gasteiger partial charge in [-0.1, -0.05) is 24.3 Å². The van der Waals surface area contributed by atoms with E-state index < -0.39 is 16.9 Å². The fraction of sp³-hybridized carbons (Fsp3) is 0.261. The number of amides is 2. The van der Waals surface area contributed by atoms with Gasteiger partial charge >= 0.3 is 0 Å². The van der Waals surface area contributed by atoms with E-state index in [1.807, 2.05) is 48.9 Å². The number of hydrogen-bond acceptors (Lipinski definition) is 5. The smallest absolute Gasteiger partial charge is 0.270 e. The van der Waals surface area contributed by atoms with Gasteiger partial charge in [0.1, 0.15) is 6.04 Å². The molecule has 9 nitrogen and oxygen atoms in total. The predicted octanol–water partition coefficient (Wildman–Crippen LogP) is 3.17. The van der Waals surface area contributed by atoms with Crippen LogP contribution < -0.4 is 5.32 Å². The van der Waals surface area contributed by atoms with Crippen LogP contribution in [-0.2, 0) is 11.3 Å². The van der Waals surface area contributed by atoms with Gasteiger partial charge in [0.05, 0.1) is 16.3 Å². The monoisotopic (exact) mass is 435 g/mol. The van der Waals surface area contributed by atoms with Gasteiger partial charge in [-0.25, -0.2) is 4.68 Å². The maximum absolute atomic E-state index is 12.9. The number of likely N-dealkylation sites (N-methyl/N-ethyl adjacent to an activating group) is 1. The molecule has 0 aliphatic rings. The van der Waals surface area contributed by atoms with E-state index in [1.165, 1.54) is 29.2 Å². The van der Waals surface area contributed by atoms with E-state index in [4.69, 9.17) is 0 Å². The second-order valence-corrected chi connectivity index (χ2v) is 7.59. The van der Waals surface area contributed by atoms with Crippen LogP contribution in [0.4, 0.5) is 5.69 Å². The zero-order valence-electron chi connectivity index (χ0n) is 18.4. The van der Waals surface area contributed by atoms with Crippen molar-refractivity contribution in [2.45, 2.75) is 33.4 Å². The molecule has 166 valence electrons. The Morgan fingerprint density at radius 2 is 1.84 bits per heavy atom. The van der Waals surface area contributed by atoms with Gasteiger partial charge in [0.2, 0.25) is 5.91 Å². The number of rotatable bonds is 7. The molecule has 0 saturated carbocycles. The molecule has 2 amide bonds. The first-order valence-corrected chi connectivity index (χ1v) is 10.1. The van der Waals surface area contributed by atoms with Crippen molar-refractivity contribution in [2.75, 3.05) is 7.05 Å². The standard InChI is InChI=1S/C23H25N5O4/c1-15-21(17(3)27(25-15)19-10-6-5-7-11-19)14-26(4)23(30)16(2)24-22(29)18-9-8-12-20(13-18)28(31)32/h5-13,16H,14H2,1-4H3,(H,24,29). The maximum atomic E-state index is 12.9. The molecule has 0 aliphatic heterocycles. The lowest BCUT2D eigenvalue weighted by Crippen LogP contribution is -2.45. The van der Waals surface area contributed by atoms with Crippen LogP contribution in [-0.4, -0.2) is 44.5 Å². The average molecular weight is 435 g/mol. The van der Waals surface area contributed by atoms with Crippen LogP contribution in [0.5, 0.6) is 0 Å². The number of benzene rings is 2. The van der Waals surface area contributed by atoms with Crippen molar-refractivity contribution in [1.29, 1.82) is 0 Å². The highest BCUT2D eigenvalue weighted by molar-refractivity contribution is 5.97. The third-order valence-electron chi connectivity index (χ3n) is 5.25. The molecule has 0 spiro atoms. The topological polar surface area (TPSA) is 110 Å². The minimum atomic E-state index is -0.809. The largest absolute Gasteiger partial charge is 0.341 e. The summed E-state index contributed by atoms with van der Waals surface area (Å²) in [7, 11) is 1.66. The van der Waals surface area contributed by atoms with E-state index in [9.17, 15) is 19.7 Å². The van der Waals surface area contributed by atoms with Gasteiger partial charge in [0.25, 0.3) is 11.6 Å². The molecule has 0 fully saturated rings. The molecule has 9 heteroatoms. The first kappa shape index (κ1) is 22.7. The molecule has 0 radical (unpaired) electrons. The maximum Gasteiger partial charge on any atom is 0.270 e. The van der Waals surface area contributed by atoms with E-state index in [2.05, 4.69) is 10.4 Å². The van der Waals surface area contributed by atoms with E-state index in [-0.39, 0.29) is 17.2 Å². The molecule has 0 bridgehead atoms. The Morgan fingerprint density at radius 3 is 2.50 bits per heavy atom. The number of aromatic nitrogens is 2. The second kappa shape index (κ2) is 9.42. The van der Waals surface area contributed by atoms with Crippen molar-refractivity contribution in [2.24, 2.45) is 0 Å². The Labute approximate surface area is 185 Å². The fourth-order valence-corrected chi connectivity index (χ4v) is 3.47. The Bertz CT molecular complexity index is 1160. The lowest BCUT2D eigenvalue weighted by Gasteiger charge is -2.22. The Kier molecular flexibility index (Phi) is 6.67. The number of carbonyl (C=O) groups is 2. The third kappa shape index (κ3) is 4.83. The molecule has 0 aliphatic carbocycles. The van der Waals surface area contributed by atoms with Gasteiger partial charge in [-0.15, -0.1) is 0 Å². The summed E-state index contributed by atoms with van der Waals surface area (Å²) in [5.74, 6) is -0.831. The summed E-state index contributed by atoms with van der Waals surface area (Å²) in [6.07, 6.45) is 0. The van der Waals surface area contributed by atoms with Gasteiger partial charge in [0, 0.05) is 42.5 Å². The SMILES string of the molecule is Cc1nn(-c2ccccc2)c(C)c1CN(C)C(=O)C(C)NC(=O)c1cccc([N+](=O)[O-])c1. The van der Waals surface area contributed by atoms with Crippen molar-refractivity contribution in [3.63, 3.8) is 0 Å². The second-order valence-electron chi connectivity index (χ2n) is 7.59. The summed E-state index contributed by atoms with van der Waals surface area (Å²) in [6.45, 7) is 5.77. The highest BCUT2D eigenvalue weighted by Crippen LogP contribution is 2.19. The lowest BCUT2D eigenvalue weighted by atomic mass is 10.1. The minimum absolute atomic E-state index is 0.123. The number of nitro groups is 1. The van der Waals surface area contributed by atoms with Crippen LogP contribution in [0.1, 0.15) is 34.2 Å². The molecule has 2 aromatic carbocycles. The van der Waals surface area contributed by atoms with Gasteiger partial charge in [0.15, 0.2) is 0 Å². The average Bonchev–Trinajstić information content (AvgIpc) is 3.07. The molecule has 1 heterocycles. The van der Waals surface area contributed by atoms with Crippen LogP contribution in [0, 0.1) is 24.0 Å². The molecule has 1 atom stereocenters. The summed E-state index contributed by atoms with van der Waals surface area (Å²) >= 11 is 0. The zero-order chi connectivity index (χ0) is 23.4. The summed E-state index contributed by atoms with van der Waals surface area (Å²) in [5.41, 5.74) is 3.56. The molecule has 1 N–H and O–H groups in total. The molecule has 1 unspecified atom stereocenters. The first-order valence-electron chi connectivity index (χ1n) is 10.1. The molecule has 3 aromatic rings. The first-order chi connectivity index (χ1) is 15.2. The highest BCUT2D eigenvalue weighted by atomic mass is 16.6. The molecular weight excluding hydrogens is 410 g/mol. The predicted molar refractivity (Wildman–Crippen MR) is 120 cm³/mol. The number of para-hydroxylation sites is 1. The molecule has 1 aromatic heterocycles. The van der Waals surface area contributed by atoms with E-state index >= 15 is 0 Å². The number of nitrogens with zero attached hydrogens (tertiary/aromatic N) is 4. The van der Waals surface area contributed by atoms with Crippen molar-refractivity contribution < 1.29 is 14.5 Å². The summed E-state index contributed by atoms with van der Waals surface area (Å²) in [6, 6.07) is 14.3. The Morgan fingerprint density at radius 1 is 1.16 bits per heavy atom. The number of hydrogen-bond donors (Lipinski definition) is 1. The number of aryl methyl sites for hydroxylation is 1. The number of non-ortho nitro benzene ring substituents is 1. The normalized spacial score (nSPS) is 11.6. The molecular formula is C23H25N5O4. The summed E-state index contributed by atoms with van der Waals surface area (Å²) in [4.78, 5) is 37.2. The van der Waals surface area contributed by atoms with Crippen LogP contribution >= 0.6 is 0 Å². The lowest BCUT2D eigenvalue weighted by molar-refractivity contribution is -0.384. The van der Waals surface area contributed by atoms with Crippen molar-refractivity contribution >= 4 is 17.5 Å². The van der Waals surface area contributed by atoms with Crippen LogP contribution in [0.25, 0.3) is 5.69 Å². The fourth-order valence-electron chi connectivity index (χ4n) is 3.47. The van der Waals surface area contributed by atoms with Crippen LogP contribution in [0.3, 0.4) is 0 Å². The summed E-state index contributed by atoms with van der Waals surface area (Å²) < 4.78 is 1.84. The van der Waals surface area contributed by atoms with Gasteiger partial charge < -0.3 is 10.2 Å². The van der Waals surface area contributed by atoms with Crippen molar-refractivity contribution in [3.05, 3.63) is 87.2 Å². The third-order valence-corrected chi connectivity index (χ3v) is 5.25.